The van der Waals surface area contributed by atoms with Crippen LogP contribution in [0.3, 0.4) is 0 Å². The van der Waals surface area contributed by atoms with E-state index in [2.05, 4.69) is 22.3 Å². The molecule has 0 spiro atoms. The molecule has 1 amide bonds. The van der Waals surface area contributed by atoms with Gasteiger partial charge in [-0.25, -0.2) is 0 Å². The highest BCUT2D eigenvalue weighted by atomic mass is 35.5. The normalized spacial score (nSPS) is 15.2. The van der Waals surface area contributed by atoms with Crippen LogP contribution in [-0.2, 0) is 4.79 Å². The molecule has 6 heteroatoms. The Morgan fingerprint density at radius 1 is 1.14 bits per heavy atom. The first-order valence-corrected chi connectivity index (χ1v) is 9.98. The summed E-state index contributed by atoms with van der Waals surface area (Å²) in [7, 11) is 1.66. The number of carbonyl (C=O) groups excluding carboxylic acids is 1. The Morgan fingerprint density at radius 3 is 2.46 bits per heavy atom. The lowest BCUT2D eigenvalue weighted by molar-refractivity contribution is -0.123. The van der Waals surface area contributed by atoms with E-state index in [9.17, 15) is 4.79 Å². The van der Waals surface area contributed by atoms with Crippen molar-refractivity contribution in [1.29, 1.82) is 0 Å². The number of rotatable bonds is 8. The van der Waals surface area contributed by atoms with Gasteiger partial charge in [0.2, 0.25) is 0 Å². The average Bonchev–Trinajstić information content (AvgIpc) is 3.24. The number of ether oxygens (including phenoxy) is 2. The number of amides is 1. The Kier molecular flexibility index (Phi) is 7.18. The maximum Gasteiger partial charge on any atom is 0.258 e. The van der Waals surface area contributed by atoms with Gasteiger partial charge in [0, 0.05) is 11.6 Å². The van der Waals surface area contributed by atoms with Gasteiger partial charge in [0.1, 0.15) is 11.5 Å². The summed E-state index contributed by atoms with van der Waals surface area (Å²) < 4.78 is 10.9. The highest BCUT2D eigenvalue weighted by Gasteiger charge is 2.24. The van der Waals surface area contributed by atoms with Crippen molar-refractivity contribution in [3.63, 3.8) is 0 Å². The Hall–Kier alpha value is -2.24. The molecule has 5 nitrogen and oxygen atoms in total. The Morgan fingerprint density at radius 2 is 1.82 bits per heavy atom. The van der Waals surface area contributed by atoms with Crippen LogP contribution in [0.4, 0.5) is 0 Å². The van der Waals surface area contributed by atoms with Gasteiger partial charge >= 0.3 is 0 Å². The average molecular weight is 403 g/mol. The monoisotopic (exact) mass is 402 g/mol. The minimum Gasteiger partial charge on any atom is -0.497 e. The molecule has 28 heavy (non-hydrogen) atoms. The van der Waals surface area contributed by atoms with Gasteiger partial charge in [0.05, 0.1) is 13.2 Å². The SMILES string of the molecule is COc1ccc(C(CNC(=O)COc2ccc(Cl)c(C)c2)N2CCCC2)cc1. The largest absolute Gasteiger partial charge is 0.497 e. The third-order valence-corrected chi connectivity index (χ3v) is 5.50. The quantitative estimate of drug-likeness (QED) is 0.725. The second-order valence-corrected chi connectivity index (χ2v) is 7.44. The topological polar surface area (TPSA) is 50.8 Å². The number of halogens is 1. The Labute approximate surface area is 171 Å². The number of benzene rings is 2. The molecule has 2 aromatic carbocycles. The van der Waals surface area contributed by atoms with Crippen LogP contribution in [0.1, 0.15) is 30.0 Å². The predicted octanol–water partition coefficient (Wildman–Crippen LogP) is 3.99. The molecule has 1 unspecified atom stereocenters. The fourth-order valence-corrected chi connectivity index (χ4v) is 3.57. The number of aryl methyl sites for hydroxylation is 1. The zero-order valence-electron chi connectivity index (χ0n) is 16.4. The van der Waals surface area contributed by atoms with E-state index in [4.69, 9.17) is 21.1 Å². The third kappa shape index (κ3) is 5.40. The summed E-state index contributed by atoms with van der Waals surface area (Å²) in [5.41, 5.74) is 2.10. The highest BCUT2D eigenvalue weighted by Crippen LogP contribution is 2.26. The number of carbonyl (C=O) groups is 1. The summed E-state index contributed by atoms with van der Waals surface area (Å²) in [4.78, 5) is 14.7. The minimum atomic E-state index is -0.134. The Balaban J connectivity index is 1.57. The molecule has 1 heterocycles. The molecular formula is C22H27ClN2O3. The molecule has 1 aliphatic heterocycles. The molecule has 1 aliphatic rings. The summed E-state index contributed by atoms with van der Waals surface area (Å²) in [6, 6.07) is 13.6. The molecule has 1 N–H and O–H groups in total. The smallest absolute Gasteiger partial charge is 0.258 e. The zero-order valence-corrected chi connectivity index (χ0v) is 17.2. The molecule has 0 saturated carbocycles. The second-order valence-electron chi connectivity index (χ2n) is 7.04. The van der Waals surface area contributed by atoms with Crippen LogP contribution >= 0.6 is 11.6 Å². The van der Waals surface area contributed by atoms with E-state index < -0.39 is 0 Å². The van der Waals surface area contributed by atoms with Gasteiger partial charge in [-0.05, 0) is 74.3 Å². The van der Waals surface area contributed by atoms with Crippen LogP contribution in [0, 0.1) is 6.92 Å². The molecular weight excluding hydrogens is 376 g/mol. The number of nitrogens with zero attached hydrogens (tertiary/aromatic N) is 1. The lowest BCUT2D eigenvalue weighted by Crippen LogP contribution is -2.38. The van der Waals surface area contributed by atoms with Crippen molar-refractivity contribution >= 4 is 17.5 Å². The molecule has 2 aromatic rings. The minimum absolute atomic E-state index is 0.0175. The lowest BCUT2D eigenvalue weighted by Gasteiger charge is -2.28. The summed E-state index contributed by atoms with van der Waals surface area (Å²) in [5.74, 6) is 1.34. The number of hydrogen-bond acceptors (Lipinski definition) is 4. The van der Waals surface area contributed by atoms with Gasteiger partial charge in [0.15, 0.2) is 6.61 Å². The van der Waals surface area contributed by atoms with Crippen LogP contribution < -0.4 is 14.8 Å². The number of likely N-dealkylation sites (tertiary alicyclic amines) is 1. The summed E-state index contributed by atoms with van der Waals surface area (Å²) in [5, 5.41) is 3.71. The van der Waals surface area contributed by atoms with Crippen LogP contribution in [0.15, 0.2) is 42.5 Å². The van der Waals surface area contributed by atoms with Gasteiger partial charge in [-0.2, -0.15) is 0 Å². The molecule has 1 fully saturated rings. The highest BCUT2D eigenvalue weighted by molar-refractivity contribution is 6.31. The van der Waals surface area contributed by atoms with Crippen molar-refractivity contribution in [3.05, 3.63) is 58.6 Å². The van der Waals surface area contributed by atoms with Gasteiger partial charge < -0.3 is 14.8 Å². The van der Waals surface area contributed by atoms with E-state index in [1.165, 1.54) is 18.4 Å². The molecule has 1 atom stereocenters. The van der Waals surface area contributed by atoms with E-state index >= 15 is 0 Å². The molecule has 0 aliphatic carbocycles. The number of methoxy groups -OCH3 is 1. The van der Waals surface area contributed by atoms with Crippen LogP contribution in [0.5, 0.6) is 11.5 Å². The summed E-state index contributed by atoms with van der Waals surface area (Å²) in [6.45, 7) is 4.54. The van der Waals surface area contributed by atoms with Crippen molar-refractivity contribution in [2.24, 2.45) is 0 Å². The van der Waals surface area contributed by atoms with Gasteiger partial charge in [-0.3, -0.25) is 9.69 Å². The zero-order chi connectivity index (χ0) is 19.9. The molecule has 0 bridgehead atoms. The van der Waals surface area contributed by atoms with Crippen LogP contribution in [-0.4, -0.2) is 44.2 Å². The van der Waals surface area contributed by atoms with Gasteiger partial charge in [0.25, 0.3) is 5.91 Å². The third-order valence-electron chi connectivity index (χ3n) is 5.07. The summed E-state index contributed by atoms with van der Waals surface area (Å²) in [6.07, 6.45) is 2.39. The molecule has 3 rings (SSSR count). The van der Waals surface area contributed by atoms with E-state index in [1.807, 2.05) is 25.1 Å². The Bertz CT molecular complexity index is 789. The van der Waals surface area contributed by atoms with Crippen molar-refractivity contribution in [2.75, 3.05) is 33.4 Å². The molecule has 0 radical (unpaired) electrons. The van der Waals surface area contributed by atoms with Crippen molar-refractivity contribution in [3.8, 4) is 11.5 Å². The van der Waals surface area contributed by atoms with Crippen molar-refractivity contribution in [2.45, 2.75) is 25.8 Å². The standard InChI is InChI=1S/C22H27ClN2O3/c1-16-13-19(9-10-20(16)23)28-15-22(26)24-14-21(25-11-3-4-12-25)17-5-7-18(27-2)8-6-17/h5-10,13,21H,3-4,11-12,14-15H2,1-2H3,(H,24,26). The van der Waals surface area contributed by atoms with Crippen LogP contribution in [0.2, 0.25) is 5.02 Å². The van der Waals surface area contributed by atoms with E-state index in [-0.39, 0.29) is 18.6 Å². The fourth-order valence-electron chi connectivity index (χ4n) is 3.45. The van der Waals surface area contributed by atoms with E-state index in [1.54, 1.807) is 19.2 Å². The van der Waals surface area contributed by atoms with Gasteiger partial charge in [-0.1, -0.05) is 23.7 Å². The van der Waals surface area contributed by atoms with Crippen molar-refractivity contribution < 1.29 is 14.3 Å². The van der Waals surface area contributed by atoms with Crippen LogP contribution in [0.25, 0.3) is 0 Å². The first kappa shape index (κ1) is 20.5. The maximum absolute atomic E-state index is 12.3. The van der Waals surface area contributed by atoms with E-state index in [0.717, 1.165) is 24.4 Å². The molecule has 0 aromatic heterocycles. The first-order chi connectivity index (χ1) is 13.6. The van der Waals surface area contributed by atoms with Crippen molar-refractivity contribution in [1.82, 2.24) is 10.2 Å². The first-order valence-electron chi connectivity index (χ1n) is 9.60. The predicted molar refractivity (Wildman–Crippen MR) is 111 cm³/mol. The molecule has 1 saturated heterocycles. The fraction of sp³-hybridized carbons (Fsp3) is 0.409. The molecule has 150 valence electrons. The van der Waals surface area contributed by atoms with Gasteiger partial charge in [-0.15, -0.1) is 0 Å². The van der Waals surface area contributed by atoms with E-state index in [0.29, 0.717) is 17.3 Å². The summed E-state index contributed by atoms with van der Waals surface area (Å²) >= 11 is 6.02. The number of hydrogen-bond donors (Lipinski definition) is 1. The second kappa shape index (κ2) is 9.80. The number of nitrogens with one attached hydrogen (secondary N) is 1. The maximum atomic E-state index is 12.3. The lowest BCUT2D eigenvalue weighted by atomic mass is 10.1.